The lowest BCUT2D eigenvalue weighted by Crippen LogP contribution is -2.33. The van der Waals surface area contributed by atoms with Crippen LogP contribution in [-0.4, -0.2) is 30.9 Å². The van der Waals surface area contributed by atoms with Gasteiger partial charge in [0.25, 0.3) is 0 Å². The van der Waals surface area contributed by atoms with E-state index in [2.05, 4.69) is 49.2 Å². The maximum absolute atomic E-state index is 12.0. The van der Waals surface area contributed by atoms with Gasteiger partial charge in [0, 0.05) is 37.3 Å². The predicted octanol–water partition coefficient (Wildman–Crippen LogP) is 7.72. The molecule has 0 aliphatic heterocycles. The first-order valence-electron chi connectivity index (χ1n) is 11.4. The van der Waals surface area contributed by atoms with Crippen molar-refractivity contribution in [2.45, 2.75) is 53.5 Å². The van der Waals surface area contributed by atoms with Gasteiger partial charge in [0.05, 0.1) is 0 Å². The molecule has 4 heteroatoms. The molecule has 1 unspecified atom stereocenters. The lowest BCUT2D eigenvalue weighted by atomic mass is 9.98. The minimum atomic E-state index is 0.00302. The number of likely N-dealkylation sites (N-methyl/N-ethyl adjacent to an activating group) is 1. The molecule has 2 aromatic carbocycles. The molecule has 0 saturated carbocycles. The lowest BCUT2D eigenvalue weighted by molar-refractivity contribution is -0.116. The van der Waals surface area contributed by atoms with Gasteiger partial charge in [-0.25, -0.2) is 0 Å². The fourth-order valence-electron chi connectivity index (χ4n) is 3.35. The van der Waals surface area contributed by atoms with Gasteiger partial charge in [0.1, 0.15) is 0 Å². The molecule has 0 aliphatic rings. The van der Waals surface area contributed by atoms with E-state index in [4.69, 9.17) is 11.6 Å². The van der Waals surface area contributed by atoms with Gasteiger partial charge in [0.15, 0.2) is 0 Å². The Morgan fingerprint density at radius 1 is 1.12 bits per heavy atom. The van der Waals surface area contributed by atoms with E-state index >= 15 is 0 Å². The molecule has 2 rings (SSSR count). The molecule has 0 aliphatic carbocycles. The van der Waals surface area contributed by atoms with Gasteiger partial charge in [-0.2, -0.15) is 0 Å². The largest absolute Gasteiger partial charge is 0.315 e. The third-order valence-electron chi connectivity index (χ3n) is 4.95. The van der Waals surface area contributed by atoms with Gasteiger partial charge in [-0.05, 0) is 55.6 Å². The van der Waals surface area contributed by atoms with Crippen LogP contribution in [0.4, 0.5) is 5.69 Å². The number of carbonyl (C=O) groups is 1. The average molecular weight is 457 g/mol. The normalized spacial score (nSPS) is 10.8. The predicted molar refractivity (Wildman–Crippen MR) is 143 cm³/mol. The summed E-state index contributed by atoms with van der Waals surface area (Å²) >= 11 is 6.32. The number of halogens is 1. The second-order valence-electron chi connectivity index (χ2n) is 7.09. The number of carbonyl (C=O) groups excluding carboxylic acids is 1. The van der Waals surface area contributed by atoms with Crippen LogP contribution >= 0.6 is 11.6 Å². The Hall–Kier alpha value is -2.36. The molecule has 176 valence electrons. The highest BCUT2D eigenvalue weighted by atomic mass is 35.5. The van der Waals surface area contributed by atoms with E-state index in [0.717, 1.165) is 37.2 Å². The summed E-state index contributed by atoms with van der Waals surface area (Å²) in [5.74, 6) is 0.00302. The molecule has 0 fully saturated rings. The summed E-state index contributed by atoms with van der Waals surface area (Å²) in [7, 11) is 1.81. The lowest BCUT2D eigenvalue weighted by Gasteiger charge is -2.33. The monoisotopic (exact) mass is 456 g/mol. The van der Waals surface area contributed by atoms with E-state index in [0.29, 0.717) is 5.02 Å². The van der Waals surface area contributed by atoms with Crippen LogP contribution in [0.25, 0.3) is 0 Å². The Balaban J connectivity index is 0.00000177. The minimum Gasteiger partial charge on any atom is -0.315 e. The van der Waals surface area contributed by atoms with Crippen LogP contribution < -0.4 is 4.90 Å². The van der Waals surface area contributed by atoms with Crippen molar-refractivity contribution in [2.75, 3.05) is 25.0 Å². The van der Waals surface area contributed by atoms with E-state index in [9.17, 15) is 4.79 Å². The Labute approximate surface area is 201 Å². The van der Waals surface area contributed by atoms with Crippen molar-refractivity contribution in [3.05, 3.63) is 90.0 Å². The molecule has 0 spiro atoms. The maximum Gasteiger partial charge on any atom is 0.223 e. The van der Waals surface area contributed by atoms with Gasteiger partial charge < -0.3 is 4.90 Å². The summed E-state index contributed by atoms with van der Waals surface area (Å²) in [5, 5.41) is 0.680. The van der Waals surface area contributed by atoms with Crippen LogP contribution in [0, 0.1) is 0 Å². The summed E-state index contributed by atoms with van der Waals surface area (Å²) < 4.78 is 0. The molecule has 32 heavy (non-hydrogen) atoms. The van der Waals surface area contributed by atoms with Crippen molar-refractivity contribution >= 4 is 23.2 Å². The highest BCUT2D eigenvalue weighted by Crippen LogP contribution is 2.34. The highest BCUT2D eigenvalue weighted by molar-refractivity contribution is 6.30. The Bertz CT molecular complexity index is 804. The molecule has 2 aromatic rings. The minimum absolute atomic E-state index is 0.00302. The first kappa shape index (κ1) is 29.6. The average Bonchev–Trinajstić information content (AvgIpc) is 2.80. The van der Waals surface area contributed by atoms with E-state index < -0.39 is 0 Å². The van der Waals surface area contributed by atoms with Crippen molar-refractivity contribution in [1.82, 2.24) is 4.90 Å². The quantitative estimate of drug-likeness (QED) is 0.360. The fraction of sp³-hybridized carbons (Fsp3) is 0.393. The number of hydrogen-bond acceptors (Lipinski definition) is 2. The van der Waals surface area contributed by atoms with Crippen molar-refractivity contribution < 1.29 is 4.79 Å². The molecule has 0 saturated heterocycles. The number of amides is 1. The molecule has 0 radical (unpaired) electrons. The smallest absolute Gasteiger partial charge is 0.223 e. The second-order valence-corrected chi connectivity index (χ2v) is 7.53. The van der Waals surface area contributed by atoms with Crippen molar-refractivity contribution in [2.24, 2.45) is 0 Å². The van der Waals surface area contributed by atoms with Crippen molar-refractivity contribution in [3.8, 4) is 0 Å². The summed E-state index contributed by atoms with van der Waals surface area (Å²) in [6.45, 7) is 18.8. The SMILES string of the molecule is C=CC.C=CCC(c1cc(Cl)ccc1N(C)C(C)=O)N(CC)CCc1ccccc1.CC. The maximum atomic E-state index is 12.0. The first-order chi connectivity index (χ1) is 15.4. The van der Waals surface area contributed by atoms with Crippen LogP contribution in [0.5, 0.6) is 0 Å². The molecule has 0 N–H and O–H groups in total. The highest BCUT2D eigenvalue weighted by Gasteiger charge is 2.23. The summed E-state index contributed by atoms with van der Waals surface area (Å²) in [6, 6.07) is 16.4. The Morgan fingerprint density at radius 3 is 2.22 bits per heavy atom. The molecule has 0 aromatic heterocycles. The van der Waals surface area contributed by atoms with Crippen LogP contribution in [0.2, 0.25) is 5.02 Å². The number of nitrogens with zero attached hydrogens (tertiary/aromatic N) is 2. The number of allylic oxidation sites excluding steroid dienone is 1. The molecule has 1 amide bonds. The first-order valence-corrected chi connectivity index (χ1v) is 11.8. The molecule has 0 bridgehead atoms. The molecule has 1 atom stereocenters. The number of rotatable bonds is 9. The summed E-state index contributed by atoms with van der Waals surface area (Å²) in [6.07, 6.45) is 5.46. The van der Waals surface area contributed by atoms with Gasteiger partial charge in [-0.3, -0.25) is 9.69 Å². The zero-order valence-electron chi connectivity index (χ0n) is 20.8. The van der Waals surface area contributed by atoms with Crippen molar-refractivity contribution in [1.29, 1.82) is 0 Å². The van der Waals surface area contributed by atoms with Gasteiger partial charge >= 0.3 is 0 Å². The van der Waals surface area contributed by atoms with E-state index in [1.165, 1.54) is 5.56 Å². The summed E-state index contributed by atoms with van der Waals surface area (Å²) in [5.41, 5.74) is 3.28. The van der Waals surface area contributed by atoms with E-state index in [1.807, 2.05) is 51.1 Å². The van der Waals surface area contributed by atoms with Crippen LogP contribution in [0.1, 0.15) is 58.2 Å². The van der Waals surface area contributed by atoms with Crippen molar-refractivity contribution in [3.63, 3.8) is 0 Å². The van der Waals surface area contributed by atoms with E-state index in [1.54, 1.807) is 24.9 Å². The number of hydrogen-bond donors (Lipinski definition) is 0. The number of benzene rings is 2. The second kappa shape index (κ2) is 17.2. The zero-order valence-corrected chi connectivity index (χ0v) is 21.5. The molecule has 0 heterocycles. The fourth-order valence-corrected chi connectivity index (χ4v) is 3.53. The van der Waals surface area contributed by atoms with Gasteiger partial charge in [-0.15, -0.1) is 13.2 Å². The third kappa shape index (κ3) is 9.84. The molecule has 3 nitrogen and oxygen atoms in total. The Morgan fingerprint density at radius 2 is 1.72 bits per heavy atom. The zero-order chi connectivity index (χ0) is 24.5. The van der Waals surface area contributed by atoms with Crippen LogP contribution in [0.3, 0.4) is 0 Å². The molecular weight excluding hydrogens is 416 g/mol. The van der Waals surface area contributed by atoms with Gasteiger partial charge in [0.2, 0.25) is 5.91 Å². The van der Waals surface area contributed by atoms with Crippen LogP contribution in [-0.2, 0) is 11.2 Å². The third-order valence-corrected chi connectivity index (χ3v) is 5.18. The Kier molecular flexibility index (Phi) is 16.0. The summed E-state index contributed by atoms with van der Waals surface area (Å²) in [4.78, 5) is 16.1. The number of anilines is 1. The molecular formula is C28H41ClN2O. The van der Waals surface area contributed by atoms with E-state index in [-0.39, 0.29) is 11.9 Å². The standard InChI is InChI=1S/C23H29ClN2O.C3H6.C2H6/c1-5-10-23(26(6-2)16-15-19-11-8-7-9-12-19)21-17-20(24)13-14-22(21)25(4)18(3)27;1-3-2;1-2/h5,7-9,11-14,17,23H,1,6,10,15-16H2,2-4H3;3H,1H2,2H3;1-2H3. The van der Waals surface area contributed by atoms with Crippen LogP contribution in [0.15, 0.2) is 73.8 Å². The topological polar surface area (TPSA) is 23.6 Å². The van der Waals surface area contributed by atoms with Gasteiger partial charge in [-0.1, -0.05) is 74.9 Å².